The maximum atomic E-state index is 12.5. The summed E-state index contributed by atoms with van der Waals surface area (Å²) < 4.78 is 28.1. The van der Waals surface area contributed by atoms with Gasteiger partial charge in [0.15, 0.2) is 0 Å². The lowest BCUT2D eigenvalue weighted by Gasteiger charge is -2.17. The lowest BCUT2D eigenvalue weighted by molar-refractivity contribution is 0.474. The Morgan fingerprint density at radius 3 is 2.32 bits per heavy atom. The summed E-state index contributed by atoms with van der Waals surface area (Å²) in [7, 11) is -3.53. The maximum absolute atomic E-state index is 12.5. The van der Waals surface area contributed by atoms with E-state index in [1.165, 1.54) is 4.31 Å². The number of hydrogen-bond donors (Lipinski definition) is 1. The average Bonchev–Trinajstić information content (AvgIpc) is 2.82. The van der Waals surface area contributed by atoms with Gasteiger partial charge in [0.25, 0.3) is 0 Å². The molecule has 0 bridgehead atoms. The number of rotatable bonds is 8. The Hall–Kier alpha value is -1.37. The topological polar surface area (TPSA) is 68.3 Å². The van der Waals surface area contributed by atoms with Crippen molar-refractivity contribution < 1.29 is 8.42 Å². The molecule has 0 saturated heterocycles. The molecule has 0 fully saturated rings. The number of nitrogens with two attached hydrogens (primary N) is 1. The van der Waals surface area contributed by atoms with E-state index in [1.807, 2.05) is 11.5 Å². The molecule has 0 spiro atoms. The zero-order chi connectivity index (χ0) is 14.5. The first kappa shape index (κ1) is 15.7. The van der Waals surface area contributed by atoms with Crippen LogP contribution in [0.15, 0.2) is 42.5 Å². The lowest BCUT2D eigenvalue weighted by atomic mass is 10.4. The van der Waals surface area contributed by atoms with E-state index in [1.54, 1.807) is 24.4 Å². The molecular weight excluding hydrogens is 262 g/mol. The van der Waals surface area contributed by atoms with E-state index in [0.717, 1.165) is 5.69 Å². The lowest BCUT2D eigenvalue weighted by Crippen LogP contribution is -2.31. The quantitative estimate of drug-likeness (QED) is 0.732. The van der Waals surface area contributed by atoms with Gasteiger partial charge in [-0.3, -0.25) is 0 Å². The van der Waals surface area contributed by atoms with Gasteiger partial charge in [0.1, 0.15) is 4.90 Å². The molecule has 1 heterocycles. The highest BCUT2D eigenvalue weighted by molar-refractivity contribution is 7.89. The number of aryl methyl sites for hydroxylation is 1. The summed E-state index contributed by atoms with van der Waals surface area (Å²) >= 11 is 0. The molecule has 0 radical (unpaired) electrons. The van der Waals surface area contributed by atoms with Crippen molar-refractivity contribution in [1.29, 1.82) is 0 Å². The normalized spacial score (nSPS) is 11.7. The minimum absolute atomic E-state index is 0.254. The van der Waals surface area contributed by atoms with E-state index in [0.29, 0.717) is 13.1 Å². The molecule has 1 aromatic heterocycles. The van der Waals surface area contributed by atoms with E-state index in [9.17, 15) is 8.42 Å². The van der Waals surface area contributed by atoms with Crippen molar-refractivity contribution in [1.82, 2.24) is 8.87 Å². The molecule has 0 unspecified atom stereocenters. The Bertz CT molecular complexity index is 515. The van der Waals surface area contributed by atoms with Gasteiger partial charge >= 0.3 is 0 Å². The molecule has 1 rings (SSSR count). The fourth-order valence-electron chi connectivity index (χ4n) is 1.84. The van der Waals surface area contributed by atoms with Crippen molar-refractivity contribution in [2.45, 2.75) is 24.9 Å². The molecule has 0 amide bonds. The van der Waals surface area contributed by atoms with Gasteiger partial charge in [0.2, 0.25) is 10.0 Å². The van der Waals surface area contributed by atoms with Gasteiger partial charge in [0, 0.05) is 38.1 Å². The second kappa shape index (κ2) is 6.70. The standard InChI is InChI=1S/C13H21N3O2S/c1-4-7-16(8-5-2)19(17,18)13-9-12(10-14)15(6-3)11-13/h4-5,9,11H,1-2,6-8,10,14H2,3H3. The smallest absolute Gasteiger partial charge is 0.245 e. The predicted molar refractivity (Wildman–Crippen MR) is 77.2 cm³/mol. The van der Waals surface area contributed by atoms with Crippen LogP contribution in [0.25, 0.3) is 0 Å². The minimum Gasteiger partial charge on any atom is -0.349 e. The third kappa shape index (κ3) is 3.34. The summed E-state index contributed by atoms with van der Waals surface area (Å²) in [5.41, 5.74) is 6.42. The fourth-order valence-corrected chi connectivity index (χ4v) is 3.29. The first-order chi connectivity index (χ1) is 9.01. The predicted octanol–water partition coefficient (Wildman–Crippen LogP) is 1.33. The molecule has 5 nitrogen and oxygen atoms in total. The van der Waals surface area contributed by atoms with Crippen molar-refractivity contribution in [2.75, 3.05) is 13.1 Å². The van der Waals surface area contributed by atoms with Crippen molar-refractivity contribution >= 4 is 10.0 Å². The van der Waals surface area contributed by atoms with Gasteiger partial charge in [-0.05, 0) is 13.0 Å². The first-order valence-electron chi connectivity index (χ1n) is 6.12. The molecule has 2 N–H and O–H groups in total. The second-order valence-electron chi connectivity index (χ2n) is 4.06. The van der Waals surface area contributed by atoms with Crippen LogP contribution in [0.5, 0.6) is 0 Å². The summed E-state index contributed by atoms with van der Waals surface area (Å²) in [5.74, 6) is 0. The van der Waals surface area contributed by atoms with Crippen LogP contribution in [0.1, 0.15) is 12.6 Å². The first-order valence-corrected chi connectivity index (χ1v) is 7.56. The molecule has 6 heteroatoms. The Labute approximate surface area is 115 Å². The SMILES string of the molecule is C=CCN(CC=C)S(=O)(=O)c1cc(CN)n(CC)c1. The van der Waals surface area contributed by atoms with Gasteiger partial charge in [-0.2, -0.15) is 4.31 Å². The van der Waals surface area contributed by atoms with Gasteiger partial charge in [-0.1, -0.05) is 12.2 Å². The van der Waals surface area contributed by atoms with Crippen LogP contribution in [0.4, 0.5) is 0 Å². The summed E-state index contributed by atoms with van der Waals surface area (Å²) in [6.07, 6.45) is 4.74. The number of nitrogens with zero attached hydrogens (tertiary/aromatic N) is 2. The summed E-state index contributed by atoms with van der Waals surface area (Å²) in [5, 5.41) is 0. The van der Waals surface area contributed by atoms with E-state index < -0.39 is 10.0 Å². The second-order valence-corrected chi connectivity index (χ2v) is 5.99. The zero-order valence-corrected chi connectivity index (χ0v) is 12.1. The van der Waals surface area contributed by atoms with Crippen LogP contribution in [0.2, 0.25) is 0 Å². The molecule has 0 aliphatic carbocycles. The van der Waals surface area contributed by atoms with Crippen LogP contribution in [0.3, 0.4) is 0 Å². The summed E-state index contributed by atoms with van der Waals surface area (Å²) in [6.45, 7) is 10.6. The van der Waals surface area contributed by atoms with Crippen molar-refractivity contribution in [3.05, 3.63) is 43.3 Å². The molecule has 19 heavy (non-hydrogen) atoms. The van der Waals surface area contributed by atoms with E-state index in [4.69, 9.17) is 5.73 Å². The number of hydrogen-bond acceptors (Lipinski definition) is 3. The molecule has 1 aromatic rings. The summed E-state index contributed by atoms with van der Waals surface area (Å²) in [6, 6.07) is 1.62. The Kier molecular flexibility index (Phi) is 5.53. The fraction of sp³-hybridized carbons (Fsp3) is 0.385. The number of aromatic nitrogens is 1. The molecule has 0 atom stereocenters. The highest BCUT2D eigenvalue weighted by Crippen LogP contribution is 2.19. The van der Waals surface area contributed by atoms with Crippen molar-refractivity contribution in [2.24, 2.45) is 5.73 Å². The van der Waals surface area contributed by atoms with Crippen LogP contribution in [0, 0.1) is 0 Å². The molecule has 0 aliphatic heterocycles. The van der Waals surface area contributed by atoms with Crippen LogP contribution in [-0.4, -0.2) is 30.4 Å². The van der Waals surface area contributed by atoms with Gasteiger partial charge in [-0.15, -0.1) is 13.2 Å². The monoisotopic (exact) mass is 283 g/mol. The molecular formula is C13H21N3O2S. The van der Waals surface area contributed by atoms with E-state index in [-0.39, 0.29) is 18.0 Å². The Morgan fingerprint density at radius 2 is 1.95 bits per heavy atom. The number of sulfonamides is 1. The summed E-state index contributed by atoms with van der Waals surface area (Å²) in [4.78, 5) is 0.263. The average molecular weight is 283 g/mol. The van der Waals surface area contributed by atoms with Crippen LogP contribution < -0.4 is 5.73 Å². The highest BCUT2D eigenvalue weighted by Gasteiger charge is 2.24. The third-order valence-electron chi connectivity index (χ3n) is 2.81. The molecule has 106 valence electrons. The Balaban J connectivity index is 3.20. The van der Waals surface area contributed by atoms with E-state index >= 15 is 0 Å². The van der Waals surface area contributed by atoms with Gasteiger partial charge in [0.05, 0.1) is 0 Å². The third-order valence-corrected chi connectivity index (χ3v) is 4.61. The Morgan fingerprint density at radius 1 is 1.37 bits per heavy atom. The van der Waals surface area contributed by atoms with E-state index in [2.05, 4.69) is 13.2 Å². The van der Waals surface area contributed by atoms with Gasteiger partial charge in [-0.25, -0.2) is 8.42 Å². The maximum Gasteiger partial charge on any atom is 0.245 e. The zero-order valence-electron chi connectivity index (χ0n) is 11.2. The minimum atomic E-state index is -3.53. The largest absolute Gasteiger partial charge is 0.349 e. The highest BCUT2D eigenvalue weighted by atomic mass is 32.2. The molecule has 0 aliphatic rings. The van der Waals surface area contributed by atoms with Gasteiger partial charge < -0.3 is 10.3 Å². The molecule has 0 aromatic carbocycles. The van der Waals surface area contributed by atoms with Crippen LogP contribution in [-0.2, 0) is 23.1 Å². The molecule has 0 saturated carbocycles. The van der Waals surface area contributed by atoms with Crippen molar-refractivity contribution in [3.8, 4) is 0 Å². The van der Waals surface area contributed by atoms with Crippen molar-refractivity contribution in [3.63, 3.8) is 0 Å². The van der Waals surface area contributed by atoms with Crippen LogP contribution >= 0.6 is 0 Å².